The van der Waals surface area contributed by atoms with Gasteiger partial charge in [-0.15, -0.1) is 11.8 Å². The normalized spacial score (nSPS) is 10.6. The van der Waals surface area contributed by atoms with Crippen LogP contribution in [-0.2, 0) is 4.79 Å². The van der Waals surface area contributed by atoms with Crippen molar-refractivity contribution in [3.05, 3.63) is 83.9 Å². The van der Waals surface area contributed by atoms with Crippen LogP contribution in [0.2, 0.25) is 0 Å². The Hall–Kier alpha value is -3.25. The van der Waals surface area contributed by atoms with Crippen molar-refractivity contribution in [3.8, 4) is 5.75 Å². The molecule has 3 aromatic carbocycles. The van der Waals surface area contributed by atoms with E-state index >= 15 is 0 Å². The first-order valence-corrected chi connectivity index (χ1v) is 11.0. The van der Waals surface area contributed by atoms with Gasteiger partial charge in [-0.05, 0) is 66.1 Å². The van der Waals surface area contributed by atoms with Crippen LogP contribution in [-0.4, -0.2) is 24.7 Å². The zero-order valence-corrected chi connectivity index (χ0v) is 18.7. The quantitative estimate of drug-likeness (QED) is 0.440. The number of nitrogens with one attached hydrogen (secondary N) is 2. The minimum Gasteiger partial charge on any atom is -0.497 e. The number of carbonyl (C=O) groups is 2. The molecule has 0 atom stereocenters. The Bertz CT molecular complexity index is 1030. The van der Waals surface area contributed by atoms with Gasteiger partial charge in [0.2, 0.25) is 5.91 Å². The van der Waals surface area contributed by atoms with Crippen LogP contribution in [0.4, 0.5) is 11.4 Å². The number of anilines is 2. The number of benzene rings is 3. The lowest BCUT2D eigenvalue weighted by Gasteiger charge is -2.09. The summed E-state index contributed by atoms with van der Waals surface area (Å²) in [4.78, 5) is 25.6. The number of thioether (sulfide) groups is 1. The fourth-order valence-electron chi connectivity index (χ4n) is 2.90. The molecule has 3 rings (SSSR count). The van der Waals surface area contributed by atoms with E-state index in [0.29, 0.717) is 28.7 Å². The number of rotatable bonds is 8. The maximum atomic E-state index is 12.4. The predicted molar refractivity (Wildman–Crippen MR) is 127 cm³/mol. The van der Waals surface area contributed by atoms with Crippen LogP contribution in [0.5, 0.6) is 5.75 Å². The van der Waals surface area contributed by atoms with Crippen molar-refractivity contribution in [2.75, 3.05) is 23.5 Å². The van der Waals surface area contributed by atoms with Crippen molar-refractivity contribution in [1.82, 2.24) is 0 Å². The maximum Gasteiger partial charge on any atom is 0.255 e. The summed E-state index contributed by atoms with van der Waals surface area (Å²) in [5, 5.41) is 5.78. The van der Waals surface area contributed by atoms with Crippen LogP contribution in [0.1, 0.15) is 35.7 Å². The van der Waals surface area contributed by atoms with Crippen molar-refractivity contribution >= 4 is 35.0 Å². The number of methoxy groups -OCH3 is 1. The molecule has 5 nitrogen and oxygen atoms in total. The fraction of sp³-hybridized carbons (Fsp3) is 0.200. The SMILES string of the molecule is COc1cccc(C(=O)Nc2ccc(SCC(=O)Nc3ccc(C(C)C)cc3)cc2)c1. The zero-order chi connectivity index (χ0) is 22.2. The molecule has 0 aliphatic rings. The summed E-state index contributed by atoms with van der Waals surface area (Å²) in [5.74, 6) is 1.14. The molecule has 3 aromatic rings. The largest absolute Gasteiger partial charge is 0.497 e. The van der Waals surface area contributed by atoms with Crippen LogP contribution >= 0.6 is 11.8 Å². The first kappa shape index (κ1) is 22.4. The molecule has 6 heteroatoms. The van der Waals surface area contributed by atoms with E-state index < -0.39 is 0 Å². The zero-order valence-electron chi connectivity index (χ0n) is 17.8. The molecule has 0 aromatic heterocycles. The van der Waals surface area contributed by atoms with E-state index in [9.17, 15) is 9.59 Å². The fourth-order valence-corrected chi connectivity index (χ4v) is 3.60. The van der Waals surface area contributed by atoms with Crippen molar-refractivity contribution < 1.29 is 14.3 Å². The Labute approximate surface area is 187 Å². The minimum absolute atomic E-state index is 0.0577. The topological polar surface area (TPSA) is 67.4 Å². The molecule has 0 saturated heterocycles. The standard InChI is InChI=1S/C25H26N2O3S/c1-17(2)18-7-9-20(10-8-18)26-24(28)16-31-23-13-11-21(12-14-23)27-25(29)19-5-4-6-22(15-19)30-3/h4-15,17H,16H2,1-3H3,(H,26,28)(H,27,29). The first-order chi connectivity index (χ1) is 14.9. The van der Waals surface area contributed by atoms with Gasteiger partial charge in [0, 0.05) is 21.8 Å². The highest BCUT2D eigenvalue weighted by Crippen LogP contribution is 2.22. The van der Waals surface area contributed by atoms with Gasteiger partial charge in [0.25, 0.3) is 5.91 Å². The van der Waals surface area contributed by atoms with Gasteiger partial charge in [-0.1, -0.05) is 32.0 Å². The summed E-state index contributed by atoms with van der Waals surface area (Å²) in [6.07, 6.45) is 0. The highest BCUT2D eigenvalue weighted by Gasteiger charge is 2.08. The molecular formula is C25H26N2O3S. The van der Waals surface area contributed by atoms with E-state index in [1.165, 1.54) is 17.3 Å². The number of carbonyl (C=O) groups excluding carboxylic acids is 2. The van der Waals surface area contributed by atoms with Gasteiger partial charge in [0.15, 0.2) is 0 Å². The van der Waals surface area contributed by atoms with Gasteiger partial charge in [-0.25, -0.2) is 0 Å². The van der Waals surface area contributed by atoms with Crippen molar-refractivity contribution in [1.29, 1.82) is 0 Å². The Morgan fingerprint density at radius 1 is 0.903 bits per heavy atom. The van der Waals surface area contributed by atoms with Crippen molar-refractivity contribution in [2.45, 2.75) is 24.7 Å². The van der Waals surface area contributed by atoms with E-state index in [1.807, 2.05) is 48.5 Å². The Balaban J connectivity index is 1.49. The Kier molecular flexibility index (Phi) is 7.73. The summed E-state index contributed by atoms with van der Waals surface area (Å²) in [7, 11) is 1.57. The van der Waals surface area contributed by atoms with Gasteiger partial charge < -0.3 is 15.4 Å². The molecule has 0 heterocycles. The van der Waals surface area contributed by atoms with Crippen molar-refractivity contribution in [3.63, 3.8) is 0 Å². The molecule has 31 heavy (non-hydrogen) atoms. The number of amides is 2. The van der Waals surface area contributed by atoms with E-state index in [1.54, 1.807) is 31.4 Å². The van der Waals surface area contributed by atoms with E-state index in [4.69, 9.17) is 4.74 Å². The lowest BCUT2D eigenvalue weighted by molar-refractivity contribution is -0.113. The second-order valence-electron chi connectivity index (χ2n) is 7.32. The molecule has 2 amide bonds. The lowest BCUT2D eigenvalue weighted by Crippen LogP contribution is -2.14. The molecular weight excluding hydrogens is 408 g/mol. The predicted octanol–water partition coefficient (Wildman–Crippen LogP) is 5.80. The van der Waals surface area contributed by atoms with Gasteiger partial charge in [0.05, 0.1) is 12.9 Å². The van der Waals surface area contributed by atoms with Crippen LogP contribution in [0.3, 0.4) is 0 Å². The Morgan fingerprint density at radius 3 is 2.19 bits per heavy atom. The van der Waals surface area contributed by atoms with Crippen LogP contribution in [0.15, 0.2) is 77.7 Å². The summed E-state index contributed by atoms with van der Waals surface area (Å²) >= 11 is 1.44. The van der Waals surface area contributed by atoms with Gasteiger partial charge in [-0.2, -0.15) is 0 Å². The van der Waals surface area contributed by atoms with Crippen LogP contribution in [0, 0.1) is 0 Å². The lowest BCUT2D eigenvalue weighted by atomic mass is 10.0. The van der Waals surface area contributed by atoms with Crippen LogP contribution < -0.4 is 15.4 Å². The van der Waals surface area contributed by atoms with Gasteiger partial charge in [-0.3, -0.25) is 9.59 Å². The molecule has 0 bridgehead atoms. The smallest absolute Gasteiger partial charge is 0.255 e. The third-order valence-corrected chi connectivity index (χ3v) is 5.69. The van der Waals surface area contributed by atoms with Gasteiger partial charge in [0.1, 0.15) is 5.75 Å². The summed E-state index contributed by atoms with van der Waals surface area (Å²) in [6.45, 7) is 4.28. The molecule has 160 valence electrons. The number of hydrogen-bond acceptors (Lipinski definition) is 4. The van der Waals surface area contributed by atoms with E-state index in [2.05, 4.69) is 24.5 Å². The van der Waals surface area contributed by atoms with Crippen molar-refractivity contribution in [2.24, 2.45) is 0 Å². The van der Waals surface area contributed by atoms with E-state index in [0.717, 1.165) is 10.6 Å². The molecule has 0 saturated carbocycles. The summed E-state index contributed by atoms with van der Waals surface area (Å²) in [6, 6.07) is 22.3. The molecule has 0 fully saturated rings. The van der Waals surface area contributed by atoms with E-state index in [-0.39, 0.29) is 11.8 Å². The average Bonchev–Trinajstić information content (AvgIpc) is 2.79. The molecule has 0 spiro atoms. The molecule has 0 aliphatic carbocycles. The Morgan fingerprint density at radius 2 is 1.55 bits per heavy atom. The second kappa shape index (κ2) is 10.7. The highest BCUT2D eigenvalue weighted by molar-refractivity contribution is 8.00. The van der Waals surface area contributed by atoms with Gasteiger partial charge >= 0.3 is 0 Å². The third-order valence-electron chi connectivity index (χ3n) is 4.68. The highest BCUT2D eigenvalue weighted by atomic mass is 32.2. The van der Waals surface area contributed by atoms with Crippen LogP contribution in [0.25, 0.3) is 0 Å². The molecule has 0 aliphatic heterocycles. The maximum absolute atomic E-state index is 12.4. The second-order valence-corrected chi connectivity index (χ2v) is 8.37. The summed E-state index contributed by atoms with van der Waals surface area (Å²) < 4.78 is 5.15. The first-order valence-electron chi connectivity index (χ1n) is 10.0. The molecule has 0 unspecified atom stereocenters. The third kappa shape index (κ3) is 6.62. The number of ether oxygens (including phenoxy) is 1. The average molecular weight is 435 g/mol. The number of hydrogen-bond donors (Lipinski definition) is 2. The monoisotopic (exact) mass is 434 g/mol. The molecule has 2 N–H and O–H groups in total. The molecule has 0 radical (unpaired) electrons. The summed E-state index contributed by atoms with van der Waals surface area (Å²) in [5.41, 5.74) is 3.25. The minimum atomic E-state index is -0.206.